The smallest absolute Gasteiger partial charge is 0.260 e. The van der Waals surface area contributed by atoms with E-state index in [1.165, 1.54) is 0 Å². The first-order valence-corrected chi connectivity index (χ1v) is 13.0. The number of nitrogens with one attached hydrogen (secondary N) is 1. The van der Waals surface area contributed by atoms with Crippen LogP contribution >= 0.6 is 0 Å². The van der Waals surface area contributed by atoms with Crippen molar-refractivity contribution in [2.75, 3.05) is 20.3 Å². The lowest BCUT2D eigenvalue weighted by Gasteiger charge is -2.30. The van der Waals surface area contributed by atoms with Crippen molar-refractivity contribution in [2.24, 2.45) is 0 Å². The Morgan fingerprint density at radius 1 is 1.09 bits per heavy atom. The SMILES string of the molecule is COc1ccccc1OCC(=O)N1CCc2c(cnc(C)c2CNS(=O)(=O)Cc2ccccc2)C1. The van der Waals surface area contributed by atoms with Gasteiger partial charge in [-0.25, -0.2) is 13.1 Å². The molecule has 0 aliphatic carbocycles. The van der Waals surface area contributed by atoms with E-state index in [9.17, 15) is 13.2 Å². The maximum absolute atomic E-state index is 12.8. The summed E-state index contributed by atoms with van der Waals surface area (Å²) in [5, 5.41) is 0. The topological polar surface area (TPSA) is 97.8 Å². The molecule has 0 fully saturated rings. The van der Waals surface area contributed by atoms with E-state index in [0.717, 1.165) is 27.9 Å². The van der Waals surface area contributed by atoms with E-state index < -0.39 is 10.0 Å². The minimum atomic E-state index is -3.51. The van der Waals surface area contributed by atoms with Gasteiger partial charge in [-0.2, -0.15) is 0 Å². The van der Waals surface area contributed by atoms with Gasteiger partial charge in [0.25, 0.3) is 5.91 Å². The van der Waals surface area contributed by atoms with Gasteiger partial charge in [0.1, 0.15) is 0 Å². The number of methoxy groups -OCH3 is 1. The second-order valence-corrected chi connectivity index (χ2v) is 10.2. The van der Waals surface area contributed by atoms with Crippen molar-refractivity contribution in [1.29, 1.82) is 0 Å². The van der Waals surface area contributed by atoms with Crippen molar-refractivity contribution >= 4 is 15.9 Å². The third-order valence-electron chi connectivity index (χ3n) is 6.04. The number of fused-ring (bicyclic) bond motifs is 1. The van der Waals surface area contributed by atoms with E-state index in [0.29, 0.717) is 31.0 Å². The van der Waals surface area contributed by atoms with E-state index in [4.69, 9.17) is 9.47 Å². The van der Waals surface area contributed by atoms with Gasteiger partial charge >= 0.3 is 0 Å². The number of ether oxygens (including phenoxy) is 2. The zero-order valence-electron chi connectivity index (χ0n) is 19.9. The summed E-state index contributed by atoms with van der Waals surface area (Å²) in [7, 11) is -1.95. The van der Waals surface area contributed by atoms with Crippen molar-refractivity contribution in [3.63, 3.8) is 0 Å². The number of aryl methyl sites for hydroxylation is 1. The van der Waals surface area contributed by atoms with E-state index in [2.05, 4.69) is 9.71 Å². The molecule has 0 bridgehead atoms. The zero-order valence-corrected chi connectivity index (χ0v) is 20.7. The van der Waals surface area contributed by atoms with Crippen LogP contribution in [0.1, 0.15) is 27.9 Å². The first-order chi connectivity index (χ1) is 16.9. The Bertz CT molecular complexity index is 1300. The van der Waals surface area contributed by atoms with Crippen LogP contribution in [-0.4, -0.2) is 44.5 Å². The standard InChI is InChI=1S/C26H29N3O5S/c1-19-23(15-28-35(31,32)18-20-8-4-3-5-9-20)22-12-13-29(16-21(22)14-27-19)26(30)17-34-25-11-7-6-10-24(25)33-2/h3-11,14,28H,12-13,15-18H2,1-2H3. The third kappa shape index (κ3) is 6.17. The van der Waals surface area contributed by atoms with Gasteiger partial charge in [-0.3, -0.25) is 9.78 Å². The Kier molecular flexibility index (Phi) is 7.67. The number of carbonyl (C=O) groups excluding carboxylic acids is 1. The number of hydrogen-bond acceptors (Lipinski definition) is 6. The molecule has 0 spiro atoms. The largest absolute Gasteiger partial charge is 0.493 e. The summed E-state index contributed by atoms with van der Waals surface area (Å²) in [6.07, 6.45) is 2.39. The molecule has 0 saturated heterocycles. The highest BCUT2D eigenvalue weighted by molar-refractivity contribution is 7.88. The molecule has 1 aliphatic rings. The molecule has 1 amide bonds. The average molecular weight is 496 g/mol. The highest BCUT2D eigenvalue weighted by Crippen LogP contribution is 2.27. The van der Waals surface area contributed by atoms with Crippen LogP contribution in [-0.2, 0) is 40.1 Å². The van der Waals surface area contributed by atoms with Crippen LogP contribution in [0.5, 0.6) is 11.5 Å². The number of para-hydroxylation sites is 2. The number of carbonyl (C=O) groups is 1. The summed E-state index contributed by atoms with van der Waals surface area (Å²) in [5.74, 6) is 0.878. The number of amides is 1. The molecule has 2 aromatic carbocycles. The molecule has 4 rings (SSSR count). The average Bonchev–Trinajstić information content (AvgIpc) is 2.86. The van der Waals surface area contributed by atoms with Gasteiger partial charge in [-0.15, -0.1) is 0 Å². The van der Waals surface area contributed by atoms with Crippen molar-refractivity contribution in [3.8, 4) is 11.5 Å². The predicted octanol–water partition coefficient (Wildman–Crippen LogP) is 2.98. The molecule has 0 atom stereocenters. The number of aromatic nitrogens is 1. The second-order valence-electron chi connectivity index (χ2n) is 8.40. The molecule has 8 nitrogen and oxygen atoms in total. The van der Waals surface area contributed by atoms with Crippen LogP contribution in [0.2, 0.25) is 0 Å². The Hall–Kier alpha value is -3.43. The number of pyridine rings is 1. The van der Waals surface area contributed by atoms with E-state index in [-0.39, 0.29) is 24.8 Å². The Labute approximate surface area is 206 Å². The molecule has 0 radical (unpaired) electrons. The minimum absolute atomic E-state index is 0.0795. The van der Waals surface area contributed by atoms with Gasteiger partial charge in [-0.1, -0.05) is 42.5 Å². The Morgan fingerprint density at radius 2 is 1.80 bits per heavy atom. The number of sulfonamides is 1. The number of hydrogen-bond donors (Lipinski definition) is 1. The summed E-state index contributed by atoms with van der Waals surface area (Å²) < 4.78 is 38.9. The lowest BCUT2D eigenvalue weighted by atomic mass is 9.95. The van der Waals surface area contributed by atoms with E-state index >= 15 is 0 Å². The molecule has 184 valence electrons. The van der Waals surface area contributed by atoms with Crippen LogP contribution in [0.4, 0.5) is 0 Å². The maximum Gasteiger partial charge on any atom is 0.260 e. The zero-order chi connectivity index (χ0) is 24.8. The highest BCUT2D eigenvalue weighted by Gasteiger charge is 2.25. The van der Waals surface area contributed by atoms with Crippen LogP contribution in [0.25, 0.3) is 0 Å². The first-order valence-electron chi connectivity index (χ1n) is 11.4. The summed E-state index contributed by atoms with van der Waals surface area (Å²) in [5.41, 5.74) is 4.36. The van der Waals surface area contributed by atoms with Gasteiger partial charge in [0, 0.05) is 31.5 Å². The van der Waals surface area contributed by atoms with Gasteiger partial charge in [0.05, 0.1) is 12.9 Å². The number of nitrogens with zero attached hydrogens (tertiary/aromatic N) is 2. The molecular formula is C26H29N3O5S. The van der Waals surface area contributed by atoms with Crippen molar-refractivity contribution in [1.82, 2.24) is 14.6 Å². The predicted molar refractivity (Wildman–Crippen MR) is 132 cm³/mol. The van der Waals surface area contributed by atoms with Crippen molar-refractivity contribution < 1.29 is 22.7 Å². The number of benzene rings is 2. The molecule has 1 aliphatic heterocycles. The third-order valence-corrected chi connectivity index (χ3v) is 7.33. The molecule has 0 saturated carbocycles. The van der Waals surface area contributed by atoms with Gasteiger partial charge in [-0.05, 0) is 47.7 Å². The monoisotopic (exact) mass is 495 g/mol. The fourth-order valence-electron chi connectivity index (χ4n) is 4.17. The van der Waals surface area contributed by atoms with Gasteiger partial charge in [0.15, 0.2) is 18.1 Å². The summed E-state index contributed by atoms with van der Waals surface area (Å²) in [6, 6.07) is 16.3. The van der Waals surface area contributed by atoms with Crippen LogP contribution in [0, 0.1) is 6.92 Å². The van der Waals surface area contributed by atoms with E-state index in [1.54, 1.807) is 42.5 Å². The summed E-state index contributed by atoms with van der Waals surface area (Å²) in [4.78, 5) is 19.0. The summed E-state index contributed by atoms with van der Waals surface area (Å²) in [6.45, 7) is 2.87. The van der Waals surface area contributed by atoms with Crippen LogP contribution in [0.3, 0.4) is 0 Å². The van der Waals surface area contributed by atoms with Gasteiger partial charge in [0.2, 0.25) is 10.0 Å². The summed E-state index contributed by atoms with van der Waals surface area (Å²) >= 11 is 0. The molecule has 1 aromatic heterocycles. The maximum atomic E-state index is 12.8. The normalized spacial score (nSPS) is 13.3. The molecule has 1 N–H and O–H groups in total. The molecule has 9 heteroatoms. The molecule has 3 aromatic rings. The van der Waals surface area contributed by atoms with Crippen LogP contribution < -0.4 is 14.2 Å². The quantitative estimate of drug-likeness (QED) is 0.490. The molecule has 2 heterocycles. The Morgan fingerprint density at radius 3 is 2.54 bits per heavy atom. The fraction of sp³-hybridized carbons (Fsp3) is 0.308. The lowest BCUT2D eigenvalue weighted by molar-refractivity contribution is -0.134. The molecule has 35 heavy (non-hydrogen) atoms. The van der Waals surface area contributed by atoms with E-state index in [1.807, 2.05) is 37.3 Å². The first kappa shape index (κ1) is 24.7. The highest BCUT2D eigenvalue weighted by atomic mass is 32.2. The Balaban J connectivity index is 1.40. The molecule has 0 unspecified atom stereocenters. The van der Waals surface area contributed by atoms with Crippen LogP contribution in [0.15, 0.2) is 60.8 Å². The minimum Gasteiger partial charge on any atom is -0.493 e. The van der Waals surface area contributed by atoms with Gasteiger partial charge < -0.3 is 14.4 Å². The van der Waals surface area contributed by atoms with Crippen molar-refractivity contribution in [2.45, 2.75) is 32.2 Å². The second kappa shape index (κ2) is 10.9. The lowest BCUT2D eigenvalue weighted by Crippen LogP contribution is -2.39. The number of rotatable bonds is 9. The fourth-order valence-corrected chi connectivity index (χ4v) is 5.26. The molecular weight excluding hydrogens is 466 g/mol. The van der Waals surface area contributed by atoms with Crippen molar-refractivity contribution in [3.05, 3.63) is 88.7 Å².